The molecule has 34 heavy (non-hydrogen) atoms. The molecule has 198 valence electrons. The van der Waals surface area contributed by atoms with Crippen LogP contribution in [0.25, 0.3) is 0 Å². The highest BCUT2D eigenvalue weighted by atomic mass is 35.5. The molecule has 0 bridgehead atoms. The molecule has 0 spiro atoms. The molecule has 0 saturated carbocycles. The lowest BCUT2D eigenvalue weighted by atomic mass is 9.83. The minimum absolute atomic E-state index is 0. The third-order valence-electron chi connectivity index (χ3n) is 6.46. The number of amides is 1. The fourth-order valence-corrected chi connectivity index (χ4v) is 3.50. The molecule has 1 amide bonds. The third-order valence-corrected chi connectivity index (χ3v) is 6.46. The van der Waals surface area contributed by atoms with Gasteiger partial charge in [0.15, 0.2) is 11.5 Å². The molecule has 0 saturated heterocycles. The molecule has 7 nitrogen and oxygen atoms in total. The number of ether oxygens (including phenoxy) is 3. The Bertz CT molecular complexity index is 714. The first kappa shape index (κ1) is 32.5. The van der Waals surface area contributed by atoms with Gasteiger partial charge in [-0.2, -0.15) is 0 Å². The van der Waals surface area contributed by atoms with Crippen molar-refractivity contribution < 1.29 is 24.1 Å². The first-order valence-corrected chi connectivity index (χ1v) is 12.1. The molecular formula is C26H47ClN2O5. The molecule has 0 aliphatic carbocycles. The summed E-state index contributed by atoms with van der Waals surface area (Å²) < 4.78 is 16.4. The second kappa shape index (κ2) is 16.2. The van der Waals surface area contributed by atoms with E-state index in [0.29, 0.717) is 31.3 Å². The van der Waals surface area contributed by atoms with E-state index in [1.54, 1.807) is 14.2 Å². The van der Waals surface area contributed by atoms with Gasteiger partial charge < -0.3 is 30.4 Å². The Morgan fingerprint density at radius 2 is 1.85 bits per heavy atom. The van der Waals surface area contributed by atoms with Crippen LogP contribution in [-0.2, 0) is 16.0 Å². The molecule has 3 atom stereocenters. The van der Waals surface area contributed by atoms with Crippen molar-refractivity contribution in [2.24, 2.45) is 23.0 Å². The predicted octanol–water partition coefficient (Wildman–Crippen LogP) is 3.98. The minimum Gasteiger partial charge on any atom is -0.493 e. The first-order valence-electron chi connectivity index (χ1n) is 12.1. The lowest BCUT2D eigenvalue weighted by Gasteiger charge is -2.28. The number of nitrogens with one attached hydrogen (secondary N) is 1. The van der Waals surface area contributed by atoms with Gasteiger partial charge in [0, 0.05) is 38.1 Å². The highest BCUT2D eigenvalue weighted by Crippen LogP contribution is 2.31. The van der Waals surface area contributed by atoms with Crippen LogP contribution in [-0.4, -0.2) is 57.1 Å². The maximum Gasteiger partial charge on any atom is 0.225 e. The van der Waals surface area contributed by atoms with E-state index in [4.69, 9.17) is 19.9 Å². The second-order valence-corrected chi connectivity index (χ2v) is 9.80. The number of benzene rings is 1. The molecule has 0 aromatic heterocycles. The van der Waals surface area contributed by atoms with Crippen LogP contribution in [0, 0.1) is 17.3 Å². The van der Waals surface area contributed by atoms with Crippen LogP contribution >= 0.6 is 12.4 Å². The topological polar surface area (TPSA) is 103 Å². The average Bonchev–Trinajstić information content (AvgIpc) is 2.79. The number of halogens is 1. The molecule has 1 aromatic carbocycles. The number of nitrogens with two attached hydrogens (primary N) is 1. The minimum atomic E-state index is -0.793. The van der Waals surface area contributed by atoms with Crippen molar-refractivity contribution >= 4 is 18.3 Å². The maximum absolute atomic E-state index is 12.3. The van der Waals surface area contributed by atoms with Gasteiger partial charge in [-0.3, -0.25) is 4.79 Å². The Balaban J connectivity index is 0.0000109. The van der Waals surface area contributed by atoms with Gasteiger partial charge in [-0.15, -0.1) is 12.4 Å². The zero-order valence-corrected chi connectivity index (χ0v) is 22.9. The summed E-state index contributed by atoms with van der Waals surface area (Å²) in [5.41, 5.74) is 7.03. The molecule has 3 unspecified atom stereocenters. The number of hydrogen-bond donors (Lipinski definition) is 3. The Morgan fingerprint density at radius 1 is 1.18 bits per heavy atom. The normalized spacial score (nSPS) is 14.2. The van der Waals surface area contributed by atoms with E-state index in [0.717, 1.165) is 30.6 Å². The van der Waals surface area contributed by atoms with Crippen molar-refractivity contribution in [3.8, 4) is 11.5 Å². The van der Waals surface area contributed by atoms with E-state index in [9.17, 15) is 9.90 Å². The Kier molecular flexibility index (Phi) is 15.5. The predicted molar refractivity (Wildman–Crippen MR) is 140 cm³/mol. The fraction of sp³-hybridized carbons (Fsp3) is 0.731. The average molecular weight is 503 g/mol. The van der Waals surface area contributed by atoms with Crippen LogP contribution in [0.4, 0.5) is 0 Å². The maximum atomic E-state index is 12.3. The molecule has 4 N–H and O–H groups in total. The van der Waals surface area contributed by atoms with Crippen molar-refractivity contribution in [3.05, 3.63) is 23.8 Å². The zero-order chi connectivity index (χ0) is 25.0. The highest BCUT2D eigenvalue weighted by Gasteiger charge is 2.27. The number of rotatable bonds is 16. The summed E-state index contributed by atoms with van der Waals surface area (Å²) in [6, 6.07) is 5.57. The van der Waals surface area contributed by atoms with E-state index >= 15 is 0 Å². The third kappa shape index (κ3) is 10.8. The van der Waals surface area contributed by atoms with Gasteiger partial charge in [0.05, 0.1) is 19.8 Å². The number of aliphatic hydroxyl groups excluding tert-OH is 1. The van der Waals surface area contributed by atoms with Gasteiger partial charge in [0.25, 0.3) is 0 Å². The van der Waals surface area contributed by atoms with Crippen molar-refractivity contribution in [2.75, 3.05) is 34.0 Å². The fourth-order valence-electron chi connectivity index (χ4n) is 3.50. The van der Waals surface area contributed by atoms with E-state index in [2.05, 4.69) is 19.2 Å². The van der Waals surface area contributed by atoms with Gasteiger partial charge >= 0.3 is 0 Å². The summed E-state index contributed by atoms with van der Waals surface area (Å²) in [5.74, 6) is 2.01. The summed E-state index contributed by atoms with van der Waals surface area (Å²) in [6.07, 6.45) is 2.21. The van der Waals surface area contributed by atoms with Crippen LogP contribution in [0.3, 0.4) is 0 Å². The van der Waals surface area contributed by atoms with Gasteiger partial charge in [-0.25, -0.2) is 0 Å². The monoisotopic (exact) mass is 502 g/mol. The van der Waals surface area contributed by atoms with E-state index in [1.165, 1.54) is 0 Å². The number of aliphatic hydroxyl groups is 1. The highest BCUT2D eigenvalue weighted by molar-refractivity contribution is 5.85. The first-order chi connectivity index (χ1) is 15.5. The van der Waals surface area contributed by atoms with Gasteiger partial charge in [-0.05, 0) is 48.8 Å². The summed E-state index contributed by atoms with van der Waals surface area (Å²) in [5, 5.41) is 13.4. The van der Waals surface area contributed by atoms with Crippen molar-refractivity contribution in [1.82, 2.24) is 5.32 Å². The number of carbonyl (C=O) groups is 1. The smallest absolute Gasteiger partial charge is 0.225 e. The van der Waals surface area contributed by atoms with Crippen molar-refractivity contribution in [2.45, 2.75) is 72.4 Å². The summed E-state index contributed by atoms with van der Waals surface area (Å²) >= 11 is 0. The molecule has 0 aliphatic heterocycles. The standard InChI is InChI=1S/C26H46N2O5.ClH/c1-8-26(4,5)25(30)28-17-22(29)21(27)16-20(18(2)3)14-19-10-11-23(32-7)24(15-19)33-13-9-12-31-6;/h10-11,15,18,20-22,29H,8-9,12-14,16-17,27H2,1-7H3,(H,28,30);1H. The molecule has 1 aromatic rings. The van der Waals surface area contributed by atoms with Gasteiger partial charge in [0.1, 0.15) is 0 Å². The van der Waals surface area contributed by atoms with Crippen LogP contribution in [0.15, 0.2) is 18.2 Å². The molecule has 0 fully saturated rings. The zero-order valence-electron chi connectivity index (χ0n) is 22.1. The van der Waals surface area contributed by atoms with Crippen LogP contribution < -0.4 is 20.5 Å². The molecule has 0 heterocycles. The molecule has 0 aliphatic rings. The number of methoxy groups -OCH3 is 2. The Labute approximate surface area is 212 Å². The summed E-state index contributed by atoms with van der Waals surface area (Å²) in [7, 11) is 3.31. The summed E-state index contributed by atoms with van der Waals surface area (Å²) in [6.45, 7) is 11.5. The van der Waals surface area contributed by atoms with Gasteiger partial charge in [-0.1, -0.05) is 40.7 Å². The van der Waals surface area contributed by atoms with Crippen LogP contribution in [0.1, 0.15) is 59.4 Å². The van der Waals surface area contributed by atoms with E-state index in [1.807, 2.05) is 39.0 Å². The van der Waals surface area contributed by atoms with Crippen molar-refractivity contribution in [3.63, 3.8) is 0 Å². The van der Waals surface area contributed by atoms with E-state index in [-0.39, 0.29) is 30.8 Å². The lowest BCUT2D eigenvalue weighted by molar-refractivity contribution is -0.130. The number of carbonyl (C=O) groups excluding carboxylic acids is 1. The Hall–Kier alpha value is -1.54. The van der Waals surface area contributed by atoms with Crippen LogP contribution in [0.5, 0.6) is 11.5 Å². The summed E-state index contributed by atoms with van der Waals surface area (Å²) in [4.78, 5) is 12.3. The van der Waals surface area contributed by atoms with Crippen molar-refractivity contribution in [1.29, 1.82) is 0 Å². The Morgan fingerprint density at radius 3 is 2.41 bits per heavy atom. The SMILES string of the molecule is CCC(C)(C)C(=O)NCC(O)C(N)CC(Cc1ccc(OC)c(OCCCOC)c1)C(C)C.Cl. The van der Waals surface area contributed by atoms with Gasteiger partial charge in [0.2, 0.25) is 5.91 Å². The lowest BCUT2D eigenvalue weighted by Crippen LogP contribution is -2.47. The molecule has 0 radical (unpaired) electrons. The molecule has 1 rings (SSSR count). The molecule has 8 heteroatoms. The quantitative estimate of drug-likeness (QED) is 0.295. The van der Waals surface area contributed by atoms with E-state index < -0.39 is 17.6 Å². The second-order valence-electron chi connectivity index (χ2n) is 9.80. The molecular weight excluding hydrogens is 456 g/mol. The largest absolute Gasteiger partial charge is 0.493 e. The van der Waals surface area contributed by atoms with Crippen LogP contribution in [0.2, 0.25) is 0 Å². The number of hydrogen-bond acceptors (Lipinski definition) is 6.